The summed E-state index contributed by atoms with van der Waals surface area (Å²) in [5.74, 6) is 1.55. The number of nitrogens with one attached hydrogen (secondary N) is 1. The van der Waals surface area contributed by atoms with E-state index in [4.69, 9.17) is 4.74 Å². The molecule has 2 heterocycles. The monoisotopic (exact) mass is 330 g/mol. The molecule has 2 aromatic heterocycles. The number of hydrogen-bond donors (Lipinski definition) is 1. The third-order valence-electron chi connectivity index (χ3n) is 4.23. The zero-order valence-corrected chi connectivity index (χ0v) is 14.1. The number of benzene rings is 2. The summed E-state index contributed by atoms with van der Waals surface area (Å²) in [6.45, 7) is 0. The number of rotatable bonds is 4. The van der Waals surface area contributed by atoms with Gasteiger partial charge in [0.25, 0.3) is 0 Å². The summed E-state index contributed by atoms with van der Waals surface area (Å²) >= 11 is 0. The minimum Gasteiger partial charge on any atom is -0.495 e. The van der Waals surface area contributed by atoms with Gasteiger partial charge in [0.2, 0.25) is 0 Å². The van der Waals surface area contributed by atoms with Crippen LogP contribution < -0.4 is 10.1 Å². The summed E-state index contributed by atoms with van der Waals surface area (Å²) in [4.78, 5) is 4.53. The number of nitrogens with zero attached hydrogens (tertiary/aromatic N) is 3. The van der Waals surface area contributed by atoms with Crippen molar-refractivity contribution in [3.8, 4) is 17.0 Å². The van der Waals surface area contributed by atoms with Gasteiger partial charge in [0.1, 0.15) is 11.6 Å². The molecule has 0 radical (unpaired) electrons. The van der Waals surface area contributed by atoms with Gasteiger partial charge in [0.05, 0.1) is 18.5 Å². The Morgan fingerprint density at radius 1 is 1.04 bits per heavy atom. The number of anilines is 2. The molecule has 4 aromatic rings. The number of aryl methyl sites for hydroxylation is 1. The van der Waals surface area contributed by atoms with Crippen LogP contribution in [-0.2, 0) is 7.05 Å². The Bertz CT molecular complexity index is 1040. The van der Waals surface area contributed by atoms with E-state index in [1.807, 2.05) is 60.5 Å². The molecular weight excluding hydrogens is 312 g/mol. The van der Waals surface area contributed by atoms with E-state index >= 15 is 0 Å². The first-order chi connectivity index (χ1) is 12.3. The maximum atomic E-state index is 5.40. The smallest absolute Gasteiger partial charge is 0.142 e. The third kappa shape index (κ3) is 2.80. The van der Waals surface area contributed by atoms with Gasteiger partial charge in [-0.1, -0.05) is 30.3 Å². The lowest BCUT2D eigenvalue weighted by Gasteiger charge is -2.12. The van der Waals surface area contributed by atoms with Crippen molar-refractivity contribution in [2.75, 3.05) is 12.4 Å². The minimum atomic E-state index is 0.770. The maximum absolute atomic E-state index is 5.40. The highest BCUT2D eigenvalue weighted by Gasteiger charge is 2.09. The molecule has 25 heavy (non-hydrogen) atoms. The van der Waals surface area contributed by atoms with Crippen molar-refractivity contribution in [2.45, 2.75) is 0 Å². The van der Waals surface area contributed by atoms with E-state index in [-0.39, 0.29) is 0 Å². The van der Waals surface area contributed by atoms with Crippen molar-refractivity contribution in [3.05, 3.63) is 67.0 Å². The summed E-state index contributed by atoms with van der Waals surface area (Å²) in [6.07, 6.45) is 3.69. The second-order valence-corrected chi connectivity index (χ2v) is 5.76. The molecule has 0 aliphatic heterocycles. The molecule has 2 aromatic carbocycles. The van der Waals surface area contributed by atoms with Crippen LogP contribution in [0.15, 0.2) is 67.0 Å². The summed E-state index contributed by atoms with van der Waals surface area (Å²) in [5.41, 5.74) is 3.08. The minimum absolute atomic E-state index is 0.770. The molecule has 4 rings (SSSR count). The molecule has 0 bridgehead atoms. The number of para-hydroxylation sites is 2. The molecule has 0 saturated heterocycles. The Labute approximate surface area is 145 Å². The summed E-state index contributed by atoms with van der Waals surface area (Å²) in [7, 11) is 3.61. The van der Waals surface area contributed by atoms with Crippen LogP contribution in [0.2, 0.25) is 0 Å². The predicted octanol–water partition coefficient (Wildman–Crippen LogP) is 4.39. The predicted molar refractivity (Wildman–Crippen MR) is 100 cm³/mol. The van der Waals surface area contributed by atoms with Gasteiger partial charge in [-0.2, -0.15) is 5.10 Å². The average Bonchev–Trinajstić information content (AvgIpc) is 3.07. The number of fused-ring (bicyclic) bond motifs is 1. The van der Waals surface area contributed by atoms with Gasteiger partial charge >= 0.3 is 0 Å². The van der Waals surface area contributed by atoms with E-state index in [1.54, 1.807) is 7.11 Å². The van der Waals surface area contributed by atoms with Crippen LogP contribution in [-0.4, -0.2) is 21.9 Å². The summed E-state index contributed by atoms with van der Waals surface area (Å²) in [6, 6.07) is 18.1. The van der Waals surface area contributed by atoms with Gasteiger partial charge in [-0.3, -0.25) is 4.68 Å². The standard InChI is InChI=1S/C20H18N4O/c1-24-18(10-11-22-24)15-7-5-6-14-13-21-20(12-16(14)15)23-17-8-3-4-9-19(17)25-2/h3-13H,1-2H3,(H,21,23). The quantitative estimate of drug-likeness (QED) is 0.603. The molecule has 0 aliphatic rings. The number of ether oxygens (including phenoxy) is 1. The van der Waals surface area contributed by atoms with E-state index < -0.39 is 0 Å². The van der Waals surface area contributed by atoms with Crippen molar-refractivity contribution < 1.29 is 4.74 Å². The molecule has 5 nitrogen and oxygen atoms in total. The lowest BCUT2D eigenvalue weighted by molar-refractivity contribution is 0.417. The van der Waals surface area contributed by atoms with Crippen LogP contribution >= 0.6 is 0 Å². The average molecular weight is 330 g/mol. The van der Waals surface area contributed by atoms with Gasteiger partial charge in [0.15, 0.2) is 0 Å². The fourth-order valence-corrected chi connectivity index (χ4v) is 2.99. The topological polar surface area (TPSA) is 52.0 Å². The van der Waals surface area contributed by atoms with E-state index in [9.17, 15) is 0 Å². The number of methoxy groups -OCH3 is 1. The molecule has 0 amide bonds. The molecule has 5 heteroatoms. The molecule has 1 N–H and O–H groups in total. The van der Waals surface area contributed by atoms with Crippen molar-refractivity contribution in [2.24, 2.45) is 7.05 Å². The van der Waals surface area contributed by atoms with Crippen molar-refractivity contribution in [1.29, 1.82) is 0 Å². The fraction of sp³-hybridized carbons (Fsp3) is 0.100. The van der Waals surface area contributed by atoms with Gasteiger partial charge in [-0.05, 0) is 29.7 Å². The molecule has 124 valence electrons. The molecule has 0 saturated carbocycles. The van der Waals surface area contributed by atoms with Crippen molar-refractivity contribution in [1.82, 2.24) is 14.8 Å². The lowest BCUT2D eigenvalue weighted by atomic mass is 10.0. The van der Waals surface area contributed by atoms with E-state index in [0.717, 1.165) is 39.3 Å². The van der Waals surface area contributed by atoms with Crippen LogP contribution in [0.25, 0.3) is 22.0 Å². The summed E-state index contributed by atoms with van der Waals surface area (Å²) in [5, 5.41) is 9.84. The van der Waals surface area contributed by atoms with Gasteiger partial charge in [0, 0.05) is 30.4 Å². The maximum Gasteiger partial charge on any atom is 0.142 e. The van der Waals surface area contributed by atoms with E-state index in [1.165, 1.54) is 0 Å². The first-order valence-electron chi connectivity index (χ1n) is 8.03. The van der Waals surface area contributed by atoms with Crippen molar-refractivity contribution >= 4 is 22.3 Å². The van der Waals surface area contributed by atoms with Crippen molar-refractivity contribution in [3.63, 3.8) is 0 Å². The first-order valence-corrected chi connectivity index (χ1v) is 8.03. The number of pyridine rings is 1. The van der Waals surface area contributed by atoms with Crippen LogP contribution in [0.5, 0.6) is 5.75 Å². The highest BCUT2D eigenvalue weighted by molar-refractivity contribution is 5.97. The zero-order valence-electron chi connectivity index (χ0n) is 14.1. The van der Waals surface area contributed by atoms with Crippen LogP contribution in [0.1, 0.15) is 0 Å². The Hall–Kier alpha value is -3.34. The second-order valence-electron chi connectivity index (χ2n) is 5.76. The van der Waals surface area contributed by atoms with E-state index in [2.05, 4.69) is 33.6 Å². The molecular formula is C20H18N4O. The fourth-order valence-electron chi connectivity index (χ4n) is 2.99. The van der Waals surface area contributed by atoms with Crippen LogP contribution in [0.4, 0.5) is 11.5 Å². The van der Waals surface area contributed by atoms with Gasteiger partial charge in [-0.25, -0.2) is 4.98 Å². The van der Waals surface area contributed by atoms with Gasteiger partial charge in [-0.15, -0.1) is 0 Å². The molecule has 0 unspecified atom stereocenters. The molecule has 0 aliphatic carbocycles. The Morgan fingerprint density at radius 2 is 1.92 bits per heavy atom. The number of aromatic nitrogens is 3. The second kappa shape index (κ2) is 6.28. The number of hydrogen-bond acceptors (Lipinski definition) is 4. The Balaban J connectivity index is 1.81. The SMILES string of the molecule is COc1ccccc1Nc1cc2c(-c3ccnn3C)cccc2cn1. The molecule has 0 spiro atoms. The van der Waals surface area contributed by atoms with Crippen LogP contribution in [0.3, 0.4) is 0 Å². The largest absolute Gasteiger partial charge is 0.495 e. The Morgan fingerprint density at radius 3 is 2.72 bits per heavy atom. The highest BCUT2D eigenvalue weighted by atomic mass is 16.5. The van der Waals surface area contributed by atoms with Gasteiger partial charge < -0.3 is 10.1 Å². The highest BCUT2D eigenvalue weighted by Crippen LogP contribution is 2.31. The molecule has 0 atom stereocenters. The normalized spacial score (nSPS) is 10.8. The zero-order chi connectivity index (χ0) is 17.2. The Kier molecular flexibility index (Phi) is 3.82. The summed E-state index contributed by atoms with van der Waals surface area (Å²) < 4.78 is 7.28. The third-order valence-corrected chi connectivity index (χ3v) is 4.23. The molecule has 0 fully saturated rings. The van der Waals surface area contributed by atoms with Crippen LogP contribution in [0, 0.1) is 0 Å². The lowest BCUT2D eigenvalue weighted by Crippen LogP contribution is -1.97. The first kappa shape index (κ1) is 15.2. The van der Waals surface area contributed by atoms with E-state index in [0.29, 0.717) is 0 Å².